The zero-order valence-corrected chi connectivity index (χ0v) is 18.2. The topological polar surface area (TPSA) is 132 Å². The fraction of sp³-hybridized carbons (Fsp3) is 0.300. The van der Waals surface area contributed by atoms with Crippen LogP contribution in [0, 0.1) is 0 Å². The van der Waals surface area contributed by atoms with Crippen molar-refractivity contribution in [2.24, 2.45) is 0 Å². The van der Waals surface area contributed by atoms with Crippen LogP contribution < -0.4 is 24.8 Å². The number of carbonyl (C=O) groups excluding carboxylic acids is 2. The smallest absolute Gasteiger partial charge is 0.411 e. The molecule has 2 rings (SSSR count). The van der Waals surface area contributed by atoms with E-state index in [-0.39, 0.29) is 36.1 Å². The summed E-state index contributed by atoms with van der Waals surface area (Å²) >= 11 is 0. The minimum absolute atomic E-state index is 0.00575. The molecule has 11 heteroatoms. The summed E-state index contributed by atoms with van der Waals surface area (Å²) in [5.41, 5.74) is 1.38. The second-order valence-electron chi connectivity index (χ2n) is 6.25. The molecule has 31 heavy (non-hydrogen) atoms. The van der Waals surface area contributed by atoms with E-state index < -0.39 is 16.1 Å². The number of sulfonamides is 1. The van der Waals surface area contributed by atoms with Gasteiger partial charge in [0.2, 0.25) is 15.9 Å². The minimum atomic E-state index is -3.81. The van der Waals surface area contributed by atoms with E-state index in [1.54, 1.807) is 24.3 Å². The summed E-state index contributed by atoms with van der Waals surface area (Å²) in [6.07, 6.45) is -0.606. The monoisotopic (exact) mass is 451 g/mol. The Morgan fingerprint density at radius 3 is 2.23 bits per heavy atom. The molecule has 10 nitrogen and oxygen atoms in total. The highest BCUT2D eigenvalue weighted by Gasteiger charge is 2.17. The van der Waals surface area contributed by atoms with E-state index in [2.05, 4.69) is 20.1 Å². The molecule has 0 radical (unpaired) electrons. The van der Waals surface area contributed by atoms with Crippen molar-refractivity contribution in [3.05, 3.63) is 48.0 Å². The van der Waals surface area contributed by atoms with Gasteiger partial charge in [0.15, 0.2) is 11.5 Å². The molecule has 2 amide bonds. The lowest BCUT2D eigenvalue weighted by molar-refractivity contribution is -0.121. The number of benzene rings is 2. The summed E-state index contributed by atoms with van der Waals surface area (Å²) in [6.45, 7) is 0.199. The first-order valence-electron chi connectivity index (χ1n) is 9.21. The lowest BCUT2D eigenvalue weighted by Crippen LogP contribution is -2.30. The number of anilines is 1. The van der Waals surface area contributed by atoms with Gasteiger partial charge in [0.1, 0.15) is 0 Å². The first-order chi connectivity index (χ1) is 14.8. The van der Waals surface area contributed by atoms with Crippen LogP contribution in [0.1, 0.15) is 12.0 Å². The molecular formula is C20H25N3O7S. The number of carbonyl (C=O) groups is 2. The van der Waals surface area contributed by atoms with Crippen LogP contribution in [0.15, 0.2) is 47.4 Å². The second-order valence-corrected chi connectivity index (χ2v) is 8.02. The number of rotatable bonds is 10. The molecule has 2 aromatic rings. The van der Waals surface area contributed by atoms with Gasteiger partial charge in [-0.05, 0) is 29.8 Å². The summed E-state index contributed by atoms with van der Waals surface area (Å²) in [6, 6.07) is 11.1. The SMILES string of the molecule is COC(=O)Nc1ccc(CNC(=O)CCNS(=O)(=O)c2ccc(OC)c(OC)c2)cc1. The fourth-order valence-electron chi connectivity index (χ4n) is 2.53. The van der Waals surface area contributed by atoms with Crippen molar-refractivity contribution < 1.29 is 32.2 Å². The van der Waals surface area contributed by atoms with Crippen LogP contribution in [0.2, 0.25) is 0 Å². The third-order valence-electron chi connectivity index (χ3n) is 4.18. The first-order valence-corrected chi connectivity index (χ1v) is 10.7. The van der Waals surface area contributed by atoms with Crippen molar-refractivity contribution in [2.75, 3.05) is 33.2 Å². The van der Waals surface area contributed by atoms with Gasteiger partial charge in [-0.15, -0.1) is 0 Å². The van der Waals surface area contributed by atoms with Crippen molar-refractivity contribution in [3.63, 3.8) is 0 Å². The van der Waals surface area contributed by atoms with Crippen molar-refractivity contribution in [3.8, 4) is 11.5 Å². The van der Waals surface area contributed by atoms with Gasteiger partial charge in [-0.25, -0.2) is 17.9 Å². The molecule has 0 heterocycles. The van der Waals surface area contributed by atoms with E-state index in [1.165, 1.54) is 39.5 Å². The molecule has 168 valence electrons. The predicted octanol–water partition coefficient (Wildman–Crippen LogP) is 1.87. The lowest BCUT2D eigenvalue weighted by atomic mass is 10.2. The van der Waals surface area contributed by atoms with E-state index in [1.807, 2.05) is 0 Å². The molecule has 0 saturated carbocycles. The van der Waals surface area contributed by atoms with Gasteiger partial charge in [0, 0.05) is 31.3 Å². The maximum atomic E-state index is 12.4. The van der Waals surface area contributed by atoms with Gasteiger partial charge >= 0.3 is 6.09 Å². The number of methoxy groups -OCH3 is 3. The zero-order valence-electron chi connectivity index (χ0n) is 17.4. The van der Waals surface area contributed by atoms with Gasteiger partial charge < -0.3 is 19.5 Å². The Balaban J connectivity index is 1.81. The van der Waals surface area contributed by atoms with E-state index in [0.29, 0.717) is 11.4 Å². The van der Waals surface area contributed by atoms with Crippen molar-refractivity contribution >= 4 is 27.7 Å². The Morgan fingerprint density at radius 2 is 1.61 bits per heavy atom. The van der Waals surface area contributed by atoms with E-state index in [9.17, 15) is 18.0 Å². The van der Waals surface area contributed by atoms with Crippen LogP contribution in [0.5, 0.6) is 11.5 Å². The maximum Gasteiger partial charge on any atom is 0.411 e. The summed E-state index contributed by atoms with van der Waals surface area (Å²) in [4.78, 5) is 23.2. The van der Waals surface area contributed by atoms with E-state index >= 15 is 0 Å². The van der Waals surface area contributed by atoms with Crippen molar-refractivity contribution in [2.45, 2.75) is 17.9 Å². The Hall–Kier alpha value is -3.31. The summed E-state index contributed by atoms with van der Waals surface area (Å²) in [5, 5.41) is 5.23. The number of hydrogen-bond acceptors (Lipinski definition) is 7. The maximum absolute atomic E-state index is 12.4. The van der Waals surface area contributed by atoms with Crippen LogP contribution in [-0.2, 0) is 26.1 Å². The number of ether oxygens (including phenoxy) is 3. The number of nitrogens with one attached hydrogen (secondary N) is 3. The largest absolute Gasteiger partial charge is 0.493 e. The molecule has 0 atom stereocenters. The molecule has 0 fully saturated rings. The first kappa shape index (κ1) is 24.0. The highest BCUT2D eigenvalue weighted by molar-refractivity contribution is 7.89. The molecule has 0 aromatic heterocycles. The molecule has 3 N–H and O–H groups in total. The molecule has 2 aromatic carbocycles. The van der Waals surface area contributed by atoms with Gasteiger partial charge in [-0.3, -0.25) is 10.1 Å². The van der Waals surface area contributed by atoms with Crippen LogP contribution in [0.4, 0.5) is 10.5 Å². The Bertz CT molecular complexity index is 1010. The van der Waals surface area contributed by atoms with Crippen LogP contribution in [-0.4, -0.2) is 48.3 Å². The molecule has 0 bridgehead atoms. The van der Waals surface area contributed by atoms with Gasteiger partial charge in [0.25, 0.3) is 0 Å². The predicted molar refractivity (Wildman–Crippen MR) is 114 cm³/mol. The Kier molecular flexibility index (Phi) is 8.64. The van der Waals surface area contributed by atoms with E-state index in [0.717, 1.165) is 5.56 Å². The Labute approximate surface area is 180 Å². The highest BCUT2D eigenvalue weighted by Crippen LogP contribution is 2.29. The summed E-state index contributed by atoms with van der Waals surface area (Å²) in [5.74, 6) is 0.387. The average Bonchev–Trinajstić information content (AvgIpc) is 2.77. The summed E-state index contributed by atoms with van der Waals surface area (Å²) < 4.78 is 41.9. The lowest BCUT2D eigenvalue weighted by Gasteiger charge is -2.11. The molecule has 0 unspecified atom stereocenters. The van der Waals surface area contributed by atoms with Crippen molar-refractivity contribution in [1.82, 2.24) is 10.0 Å². The quantitative estimate of drug-likeness (QED) is 0.502. The second kappa shape index (κ2) is 11.2. The van der Waals surface area contributed by atoms with Gasteiger partial charge in [-0.1, -0.05) is 12.1 Å². The van der Waals surface area contributed by atoms with Crippen LogP contribution >= 0.6 is 0 Å². The summed E-state index contributed by atoms with van der Waals surface area (Å²) in [7, 11) is 0.330. The molecule has 0 saturated heterocycles. The van der Waals surface area contributed by atoms with Crippen LogP contribution in [0.25, 0.3) is 0 Å². The molecule has 0 aliphatic heterocycles. The number of hydrogen-bond donors (Lipinski definition) is 3. The van der Waals surface area contributed by atoms with Crippen LogP contribution in [0.3, 0.4) is 0 Å². The standard InChI is InChI=1S/C20H25N3O7S/c1-28-17-9-8-16(12-18(17)29-2)31(26,27)22-11-10-19(24)21-13-14-4-6-15(7-5-14)23-20(25)30-3/h4-9,12,22H,10-11,13H2,1-3H3,(H,21,24)(H,23,25). The number of amides is 2. The molecule has 0 aliphatic carbocycles. The molecule has 0 aliphatic rings. The normalized spacial score (nSPS) is 10.8. The van der Waals surface area contributed by atoms with Gasteiger partial charge in [-0.2, -0.15) is 0 Å². The molecule has 0 spiro atoms. The van der Waals surface area contributed by atoms with Gasteiger partial charge in [0.05, 0.1) is 26.2 Å². The molecular weight excluding hydrogens is 426 g/mol. The zero-order chi connectivity index (χ0) is 22.9. The highest BCUT2D eigenvalue weighted by atomic mass is 32.2. The minimum Gasteiger partial charge on any atom is -0.493 e. The van der Waals surface area contributed by atoms with Crippen molar-refractivity contribution in [1.29, 1.82) is 0 Å². The third kappa shape index (κ3) is 7.15. The third-order valence-corrected chi connectivity index (χ3v) is 5.64. The Morgan fingerprint density at radius 1 is 0.935 bits per heavy atom. The average molecular weight is 452 g/mol. The fourth-order valence-corrected chi connectivity index (χ4v) is 3.58. The van der Waals surface area contributed by atoms with E-state index in [4.69, 9.17) is 9.47 Å².